The molecule has 0 atom stereocenters. The summed E-state index contributed by atoms with van der Waals surface area (Å²) in [5.41, 5.74) is 0.115. The van der Waals surface area contributed by atoms with E-state index in [-0.39, 0.29) is 22.8 Å². The van der Waals surface area contributed by atoms with Crippen molar-refractivity contribution in [2.24, 2.45) is 0 Å². The minimum Gasteiger partial charge on any atom is -0.493 e. The molecule has 0 saturated carbocycles. The second kappa shape index (κ2) is 6.41. The van der Waals surface area contributed by atoms with Crippen LogP contribution >= 0.6 is 0 Å². The molecule has 0 bridgehead atoms. The fraction of sp³-hybridized carbons (Fsp3) is 0.200. The van der Waals surface area contributed by atoms with Crippen molar-refractivity contribution in [3.63, 3.8) is 0 Å². The molecule has 0 fully saturated rings. The van der Waals surface area contributed by atoms with Crippen LogP contribution in [0.25, 0.3) is 0 Å². The summed E-state index contributed by atoms with van der Waals surface area (Å²) in [7, 11) is 2.81. The highest BCUT2D eigenvalue weighted by Gasteiger charge is 2.18. The van der Waals surface area contributed by atoms with E-state index < -0.39 is 24.0 Å². The van der Waals surface area contributed by atoms with Crippen LogP contribution in [0.15, 0.2) is 30.3 Å². The fourth-order valence-corrected chi connectivity index (χ4v) is 1.82. The van der Waals surface area contributed by atoms with Crippen molar-refractivity contribution >= 4 is 0 Å². The van der Waals surface area contributed by atoms with Crippen LogP contribution in [0.2, 0.25) is 0 Å². The first kappa shape index (κ1) is 15.1. The molecule has 21 heavy (non-hydrogen) atoms. The number of hydrogen-bond donors (Lipinski definition) is 1. The van der Waals surface area contributed by atoms with Gasteiger partial charge in [-0.15, -0.1) is 0 Å². The highest BCUT2D eigenvalue weighted by atomic mass is 19.1. The predicted octanol–water partition coefficient (Wildman–Crippen LogP) is 3.27. The van der Waals surface area contributed by atoms with Crippen LogP contribution in [0.1, 0.15) is 5.56 Å². The van der Waals surface area contributed by atoms with Crippen molar-refractivity contribution in [3.8, 4) is 23.0 Å². The van der Waals surface area contributed by atoms with Gasteiger partial charge in [0.15, 0.2) is 28.9 Å². The van der Waals surface area contributed by atoms with E-state index in [0.717, 1.165) is 12.1 Å². The number of methoxy groups -OCH3 is 2. The summed E-state index contributed by atoms with van der Waals surface area (Å²) in [5.74, 6) is -1.81. The Hall–Kier alpha value is -2.34. The van der Waals surface area contributed by atoms with Gasteiger partial charge in [-0.05, 0) is 29.8 Å². The largest absolute Gasteiger partial charge is 0.493 e. The lowest BCUT2D eigenvalue weighted by molar-refractivity contribution is 0.279. The van der Waals surface area contributed by atoms with Gasteiger partial charge < -0.3 is 19.3 Å². The van der Waals surface area contributed by atoms with Gasteiger partial charge in [0.25, 0.3) is 0 Å². The number of ether oxygens (including phenoxy) is 3. The standard InChI is InChI=1S/C15H14F2O4/c1-19-12-4-3-5-13(20-2)15(12)21-14-10(16)6-9(8-18)7-11(14)17/h3-7,18H,8H2,1-2H3. The molecule has 0 amide bonds. The fourth-order valence-electron chi connectivity index (χ4n) is 1.82. The Morgan fingerprint density at radius 2 is 1.48 bits per heavy atom. The van der Waals surface area contributed by atoms with Gasteiger partial charge >= 0.3 is 0 Å². The smallest absolute Gasteiger partial charge is 0.211 e. The maximum absolute atomic E-state index is 13.9. The van der Waals surface area contributed by atoms with E-state index in [1.165, 1.54) is 14.2 Å². The topological polar surface area (TPSA) is 47.9 Å². The Morgan fingerprint density at radius 1 is 0.952 bits per heavy atom. The van der Waals surface area contributed by atoms with Crippen molar-refractivity contribution in [1.29, 1.82) is 0 Å². The molecule has 6 heteroatoms. The second-order valence-corrected chi connectivity index (χ2v) is 4.14. The number of para-hydroxylation sites is 1. The Bertz CT molecular complexity index is 598. The van der Waals surface area contributed by atoms with E-state index in [0.29, 0.717) is 0 Å². The molecule has 0 aliphatic rings. The quantitative estimate of drug-likeness (QED) is 0.920. The first-order chi connectivity index (χ1) is 10.1. The number of aliphatic hydroxyl groups is 1. The van der Waals surface area contributed by atoms with Gasteiger partial charge in [0.2, 0.25) is 5.75 Å². The predicted molar refractivity (Wildman–Crippen MR) is 71.9 cm³/mol. The van der Waals surface area contributed by atoms with Crippen LogP contribution < -0.4 is 14.2 Å². The van der Waals surface area contributed by atoms with Crippen LogP contribution in [0, 0.1) is 11.6 Å². The van der Waals surface area contributed by atoms with Crippen molar-refractivity contribution in [3.05, 3.63) is 47.5 Å². The van der Waals surface area contributed by atoms with Crippen molar-refractivity contribution < 1.29 is 28.1 Å². The summed E-state index contributed by atoms with van der Waals surface area (Å²) in [6.45, 7) is -0.466. The van der Waals surface area contributed by atoms with Gasteiger partial charge in [0.05, 0.1) is 20.8 Å². The van der Waals surface area contributed by atoms with E-state index in [9.17, 15) is 8.78 Å². The Balaban J connectivity index is 2.48. The molecule has 0 aliphatic carbocycles. The number of aliphatic hydroxyl groups excluding tert-OH is 1. The monoisotopic (exact) mass is 296 g/mol. The Labute approximate surface area is 120 Å². The summed E-state index contributed by atoms with van der Waals surface area (Å²) >= 11 is 0. The van der Waals surface area contributed by atoms with Crippen molar-refractivity contribution in [2.75, 3.05) is 14.2 Å². The third kappa shape index (κ3) is 3.05. The lowest BCUT2D eigenvalue weighted by Crippen LogP contribution is -1.99. The van der Waals surface area contributed by atoms with E-state index in [2.05, 4.69) is 0 Å². The summed E-state index contributed by atoms with van der Waals surface area (Å²) in [6.07, 6.45) is 0. The van der Waals surface area contributed by atoms with E-state index in [1.54, 1.807) is 18.2 Å². The summed E-state index contributed by atoms with van der Waals surface area (Å²) in [4.78, 5) is 0. The molecule has 0 unspecified atom stereocenters. The highest BCUT2D eigenvalue weighted by molar-refractivity contribution is 5.53. The number of rotatable bonds is 5. The molecule has 0 radical (unpaired) electrons. The summed E-state index contributed by atoms with van der Waals surface area (Å²) < 4.78 is 43.3. The molecule has 0 saturated heterocycles. The van der Waals surface area contributed by atoms with Crippen LogP contribution in [0.3, 0.4) is 0 Å². The van der Waals surface area contributed by atoms with Gasteiger partial charge in [-0.1, -0.05) is 6.07 Å². The van der Waals surface area contributed by atoms with Crippen LogP contribution in [0.4, 0.5) is 8.78 Å². The van der Waals surface area contributed by atoms with Crippen molar-refractivity contribution in [2.45, 2.75) is 6.61 Å². The molecular weight excluding hydrogens is 282 g/mol. The number of halogens is 2. The first-order valence-electron chi connectivity index (χ1n) is 6.08. The molecular formula is C15H14F2O4. The minimum absolute atomic E-state index is 0.0667. The van der Waals surface area contributed by atoms with Crippen LogP contribution in [0.5, 0.6) is 23.0 Å². The molecule has 1 N–H and O–H groups in total. The molecule has 2 aromatic rings. The average molecular weight is 296 g/mol. The maximum atomic E-state index is 13.9. The van der Waals surface area contributed by atoms with Crippen LogP contribution in [-0.2, 0) is 6.61 Å². The third-order valence-corrected chi connectivity index (χ3v) is 2.83. The molecule has 0 aromatic heterocycles. The number of hydrogen-bond acceptors (Lipinski definition) is 4. The van der Waals surface area contributed by atoms with Crippen molar-refractivity contribution in [1.82, 2.24) is 0 Å². The summed E-state index contributed by atoms with van der Waals surface area (Å²) in [6, 6.07) is 6.82. The zero-order valence-corrected chi connectivity index (χ0v) is 11.5. The lowest BCUT2D eigenvalue weighted by atomic mass is 10.2. The summed E-state index contributed by atoms with van der Waals surface area (Å²) in [5, 5.41) is 8.92. The lowest BCUT2D eigenvalue weighted by Gasteiger charge is -2.15. The van der Waals surface area contributed by atoms with Gasteiger partial charge in [-0.25, -0.2) is 8.78 Å². The highest BCUT2D eigenvalue weighted by Crippen LogP contribution is 2.41. The minimum atomic E-state index is -0.924. The normalized spacial score (nSPS) is 10.3. The molecule has 0 heterocycles. The molecule has 4 nitrogen and oxygen atoms in total. The SMILES string of the molecule is COc1cccc(OC)c1Oc1c(F)cc(CO)cc1F. The Kier molecular flexibility index (Phi) is 4.59. The molecule has 112 valence electrons. The first-order valence-corrected chi connectivity index (χ1v) is 6.08. The van der Waals surface area contributed by atoms with Gasteiger partial charge in [0, 0.05) is 0 Å². The zero-order valence-electron chi connectivity index (χ0n) is 11.5. The van der Waals surface area contributed by atoms with Gasteiger partial charge in [-0.3, -0.25) is 0 Å². The second-order valence-electron chi connectivity index (χ2n) is 4.14. The molecule has 2 aromatic carbocycles. The van der Waals surface area contributed by atoms with E-state index in [4.69, 9.17) is 19.3 Å². The molecule has 0 aliphatic heterocycles. The maximum Gasteiger partial charge on any atom is 0.211 e. The zero-order chi connectivity index (χ0) is 15.4. The average Bonchev–Trinajstić information content (AvgIpc) is 2.50. The molecule has 2 rings (SSSR count). The van der Waals surface area contributed by atoms with Gasteiger partial charge in [0.1, 0.15) is 0 Å². The number of benzene rings is 2. The van der Waals surface area contributed by atoms with E-state index >= 15 is 0 Å². The molecule has 0 spiro atoms. The van der Waals surface area contributed by atoms with Gasteiger partial charge in [-0.2, -0.15) is 0 Å². The third-order valence-electron chi connectivity index (χ3n) is 2.83. The van der Waals surface area contributed by atoms with Crippen LogP contribution in [-0.4, -0.2) is 19.3 Å². The Morgan fingerprint density at radius 3 is 1.90 bits per heavy atom. The van der Waals surface area contributed by atoms with E-state index in [1.807, 2.05) is 0 Å².